The SMILES string of the molecule is C=C1C(=O)O[C@@H]2/C=C(\C)CC/C=C(\C)C[C@@H](OC(=O)/C(=C/CO)CO)[C@@H]12. The molecule has 1 aliphatic carbocycles. The van der Waals surface area contributed by atoms with Crippen LogP contribution in [-0.2, 0) is 19.1 Å². The highest BCUT2D eigenvalue weighted by atomic mass is 16.6. The average molecular weight is 362 g/mol. The summed E-state index contributed by atoms with van der Waals surface area (Å²) in [4.78, 5) is 24.4. The van der Waals surface area contributed by atoms with Gasteiger partial charge in [0.25, 0.3) is 0 Å². The Morgan fingerprint density at radius 3 is 2.77 bits per heavy atom. The summed E-state index contributed by atoms with van der Waals surface area (Å²) in [6.07, 6.45) is 6.17. The van der Waals surface area contributed by atoms with Crippen molar-refractivity contribution in [3.05, 3.63) is 47.1 Å². The van der Waals surface area contributed by atoms with Crippen LogP contribution in [0.25, 0.3) is 0 Å². The molecule has 1 aliphatic heterocycles. The van der Waals surface area contributed by atoms with Gasteiger partial charge in [0.05, 0.1) is 24.7 Å². The van der Waals surface area contributed by atoms with E-state index < -0.39 is 36.7 Å². The highest BCUT2D eigenvalue weighted by molar-refractivity contribution is 5.92. The summed E-state index contributed by atoms with van der Waals surface area (Å²) in [5.41, 5.74) is 2.39. The van der Waals surface area contributed by atoms with Gasteiger partial charge in [-0.25, -0.2) is 9.59 Å². The maximum Gasteiger partial charge on any atom is 0.336 e. The molecular weight excluding hydrogens is 336 g/mol. The van der Waals surface area contributed by atoms with Crippen LogP contribution < -0.4 is 0 Å². The maximum atomic E-state index is 12.4. The van der Waals surface area contributed by atoms with E-state index in [2.05, 4.69) is 12.7 Å². The van der Waals surface area contributed by atoms with Gasteiger partial charge in [0.15, 0.2) is 0 Å². The molecular formula is C20H26O6. The topological polar surface area (TPSA) is 93.1 Å². The van der Waals surface area contributed by atoms with Crippen LogP contribution in [0.3, 0.4) is 0 Å². The molecule has 0 spiro atoms. The normalized spacial score (nSPS) is 31.2. The number of hydrogen-bond donors (Lipinski definition) is 2. The molecule has 0 aromatic heterocycles. The summed E-state index contributed by atoms with van der Waals surface area (Å²) in [6, 6.07) is 0. The van der Waals surface area contributed by atoms with Crippen molar-refractivity contribution >= 4 is 11.9 Å². The Balaban J connectivity index is 2.36. The number of rotatable bonds is 4. The molecule has 6 heteroatoms. The van der Waals surface area contributed by atoms with E-state index in [1.807, 2.05) is 19.9 Å². The summed E-state index contributed by atoms with van der Waals surface area (Å²) < 4.78 is 11.1. The van der Waals surface area contributed by atoms with Crippen molar-refractivity contribution in [3.63, 3.8) is 0 Å². The van der Waals surface area contributed by atoms with Gasteiger partial charge in [0.1, 0.15) is 12.2 Å². The van der Waals surface area contributed by atoms with Crippen LogP contribution in [-0.4, -0.2) is 47.6 Å². The molecule has 0 radical (unpaired) electrons. The minimum absolute atomic E-state index is 0.0228. The maximum absolute atomic E-state index is 12.4. The summed E-state index contributed by atoms with van der Waals surface area (Å²) in [5, 5.41) is 18.3. The van der Waals surface area contributed by atoms with Gasteiger partial charge in [-0.15, -0.1) is 0 Å². The lowest BCUT2D eigenvalue weighted by molar-refractivity contribution is -0.147. The quantitative estimate of drug-likeness (QED) is 0.451. The van der Waals surface area contributed by atoms with Gasteiger partial charge < -0.3 is 19.7 Å². The van der Waals surface area contributed by atoms with Gasteiger partial charge in [-0.3, -0.25) is 0 Å². The molecule has 0 bridgehead atoms. The number of esters is 2. The Morgan fingerprint density at radius 1 is 1.38 bits per heavy atom. The molecule has 1 saturated heterocycles. The number of aliphatic hydroxyl groups excluding tert-OH is 2. The average Bonchev–Trinajstić information content (AvgIpc) is 2.85. The van der Waals surface area contributed by atoms with Crippen LogP contribution in [0.15, 0.2) is 47.1 Å². The lowest BCUT2D eigenvalue weighted by Gasteiger charge is -2.27. The first-order valence-corrected chi connectivity index (χ1v) is 8.71. The fourth-order valence-electron chi connectivity index (χ4n) is 3.27. The van der Waals surface area contributed by atoms with Crippen molar-refractivity contribution in [1.29, 1.82) is 0 Å². The number of allylic oxidation sites excluding steroid dienone is 2. The first-order chi connectivity index (χ1) is 12.4. The van der Waals surface area contributed by atoms with Gasteiger partial charge in [-0.05, 0) is 38.8 Å². The molecule has 6 nitrogen and oxygen atoms in total. The van der Waals surface area contributed by atoms with Gasteiger partial charge in [-0.2, -0.15) is 0 Å². The second kappa shape index (κ2) is 8.96. The predicted molar refractivity (Wildman–Crippen MR) is 96.0 cm³/mol. The Morgan fingerprint density at radius 2 is 2.12 bits per heavy atom. The second-order valence-corrected chi connectivity index (χ2v) is 6.74. The number of aliphatic hydroxyl groups is 2. The molecule has 0 saturated carbocycles. The van der Waals surface area contributed by atoms with E-state index in [-0.39, 0.29) is 17.8 Å². The van der Waals surface area contributed by atoms with E-state index in [4.69, 9.17) is 14.6 Å². The molecule has 0 amide bonds. The third-order valence-corrected chi connectivity index (χ3v) is 4.69. The van der Waals surface area contributed by atoms with Crippen molar-refractivity contribution in [3.8, 4) is 0 Å². The highest BCUT2D eigenvalue weighted by Crippen LogP contribution is 2.36. The van der Waals surface area contributed by atoms with Crippen molar-refractivity contribution in [2.24, 2.45) is 5.92 Å². The monoisotopic (exact) mass is 362 g/mol. The fraction of sp³-hybridized carbons (Fsp3) is 0.500. The molecule has 26 heavy (non-hydrogen) atoms. The molecule has 3 atom stereocenters. The second-order valence-electron chi connectivity index (χ2n) is 6.74. The molecule has 2 N–H and O–H groups in total. The number of hydrogen-bond acceptors (Lipinski definition) is 6. The van der Waals surface area contributed by atoms with Crippen LogP contribution in [0.1, 0.15) is 33.1 Å². The van der Waals surface area contributed by atoms with Crippen LogP contribution >= 0.6 is 0 Å². The standard InChI is InChI=1S/C20H26O6/c1-12-5-4-6-13(2)10-17(26-20(24)15(11-22)7-8-21)18-14(3)19(23)25-16(18)9-12/h6-7,9,16-18,21-22H,3-5,8,10-11H2,1-2H3/b12-9+,13-6+,15-7+/t16-,17-,18+/m1/s1. The highest BCUT2D eigenvalue weighted by Gasteiger charge is 2.44. The van der Waals surface area contributed by atoms with Crippen molar-refractivity contribution < 1.29 is 29.3 Å². The van der Waals surface area contributed by atoms with Gasteiger partial charge in [0.2, 0.25) is 0 Å². The Hall–Kier alpha value is -2.18. The summed E-state index contributed by atoms with van der Waals surface area (Å²) >= 11 is 0. The van der Waals surface area contributed by atoms with Gasteiger partial charge in [0, 0.05) is 12.0 Å². The summed E-state index contributed by atoms with van der Waals surface area (Å²) in [6.45, 7) is 6.85. The summed E-state index contributed by atoms with van der Waals surface area (Å²) in [5.74, 6) is -1.70. The van der Waals surface area contributed by atoms with Crippen LogP contribution in [0, 0.1) is 5.92 Å². The third kappa shape index (κ3) is 4.71. The van der Waals surface area contributed by atoms with Crippen LogP contribution in [0.5, 0.6) is 0 Å². The van der Waals surface area contributed by atoms with E-state index in [9.17, 15) is 14.7 Å². The zero-order valence-corrected chi connectivity index (χ0v) is 15.2. The van der Waals surface area contributed by atoms with Crippen LogP contribution in [0.4, 0.5) is 0 Å². The Kier molecular flexibility index (Phi) is 6.94. The molecule has 1 heterocycles. The molecule has 2 aliphatic rings. The first kappa shape index (κ1) is 20.1. The predicted octanol–water partition coefficient (Wildman–Crippen LogP) is 1.98. The van der Waals surface area contributed by atoms with E-state index in [0.717, 1.165) is 24.0 Å². The first-order valence-electron chi connectivity index (χ1n) is 8.71. The number of carbonyl (C=O) groups is 2. The minimum Gasteiger partial charge on any atom is -0.458 e. The fourth-order valence-corrected chi connectivity index (χ4v) is 3.27. The van der Waals surface area contributed by atoms with E-state index in [1.165, 1.54) is 6.08 Å². The van der Waals surface area contributed by atoms with Crippen molar-refractivity contribution in [2.45, 2.75) is 45.3 Å². The Bertz CT molecular complexity index is 670. The van der Waals surface area contributed by atoms with Gasteiger partial charge in [-0.1, -0.05) is 23.8 Å². The van der Waals surface area contributed by atoms with E-state index in [1.54, 1.807) is 0 Å². The van der Waals surface area contributed by atoms with Crippen molar-refractivity contribution in [2.75, 3.05) is 13.2 Å². The zero-order chi connectivity index (χ0) is 19.3. The molecule has 1 fully saturated rings. The molecule has 142 valence electrons. The van der Waals surface area contributed by atoms with Gasteiger partial charge >= 0.3 is 11.9 Å². The zero-order valence-electron chi connectivity index (χ0n) is 15.2. The Labute approximate surface area is 153 Å². The third-order valence-electron chi connectivity index (χ3n) is 4.69. The summed E-state index contributed by atoms with van der Waals surface area (Å²) in [7, 11) is 0. The molecule has 0 aromatic rings. The van der Waals surface area contributed by atoms with Crippen molar-refractivity contribution in [1.82, 2.24) is 0 Å². The number of carbonyl (C=O) groups excluding carboxylic acids is 2. The number of fused-ring (bicyclic) bond motifs is 1. The molecule has 2 rings (SSSR count). The van der Waals surface area contributed by atoms with E-state index in [0.29, 0.717) is 6.42 Å². The lowest BCUT2D eigenvalue weighted by Crippen LogP contribution is -2.34. The van der Waals surface area contributed by atoms with Crippen LogP contribution in [0.2, 0.25) is 0 Å². The minimum atomic E-state index is -0.719. The largest absolute Gasteiger partial charge is 0.458 e. The lowest BCUT2D eigenvalue weighted by atomic mass is 9.85. The molecule has 0 unspecified atom stereocenters. The number of ether oxygens (including phenoxy) is 2. The smallest absolute Gasteiger partial charge is 0.336 e. The molecule has 0 aromatic carbocycles. The van der Waals surface area contributed by atoms with E-state index >= 15 is 0 Å².